The third-order valence-corrected chi connectivity index (χ3v) is 1.79. The van der Waals surface area contributed by atoms with Crippen molar-refractivity contribution in [1.29, 1.82) is 0 Å². The molecule has 0 radical (unpaired) electrons. The highest BCUT2D eigenvalue weighted by molar-refractivity contribution is 7.79. The van der Waals surface area contributed by atoms with Crippen molar-refractivity contribution in [2.45, 2.75) is 13.8 Å². The number of hydrogen-bond donors (Lipinski definition) is 2. The normalized spacial score (nSPS) is 9.33. The molecule has 0 saturated heterocycles. The molecule has 0 aromatic carbocycles. The smallest absolute Gasteiger partial charge is 0.264 e. The number of nitrogens with zero attached hydrogens (tertiary/aromatic N) is 1. The summed E-state index contributed by atoms with van der Waals surface area (Å²) < 4.78 is 0. The largest absolute Gasteiger partial charge is 1.00 e. The summed E-state index contributed by atoms with van der Waals surface area (Å²) in [4.78, 5) is 2.34. The molecule has 74 valence electrons. The highest BCUT2D eigenvalue weighted by atomic mass is 35.5. The van der Waals surface area contributed by atoms with Gasteiger partial charge in [-0.05, 0) is 13.1 Å². The number of thiocarbonyl (C=S) groups is 1. The number of quaternary nitrogens is 1. The molecule has 4 N–H and O–H groups in total. The van der Waals surface area contributed by atoms with Crippen LogP contribution in [0.5, 0.6) is 0 Å². The molecule has 0 bridgehead atoms. The van der Waals surface area contributed by atoms with Crippen molar-refractivity contribution in [3.05, 3.63) is 0 Å². The number of likely N-dealkylation sites (N-methyl/N-ethyl adjacent to an activating group) is 1. The van der Waals surface area contributed by atoms with Gasteiger partial charge in [-0.15, -0.1) is 0 Å². The van der Waals surface area contributed by atoms with Gasteiger partial charge in [0.25, 0.3) is 5.11 Å². The molecule has 5 heteroatoms. The van der Waals surface area contributed by atoms with E-state index >= 15 is 0 Å². The van der Waals surface area contributed by atoms with E-state index in [1.54, 1.807) is 0 Å². The monoisotopic (exact) mass is 211 g/mol. The first kappa shape index (κ1) is 14.6. The topological polar surface area (TPSA) is 42.9 Å². The molecule has 0 aliphatic heterocycles. The van der Waals surface area contributed by atoms with Gasteiger partial charge in [0.15, 0.2) is 0 Å². The van der Waals surface area contributed by atoms with Crippen molar-refractivity contribution >= 4 is 17.3 Å². The summed E-state index contributed by atoms with van der Waals surface area (Å²) in [6.07, 6.45) is 0. The molecule has 0 aromatic heterocycles. The number of hydrogen-bond acceptors (Lipinski definition) is 2. The first-order valence-electron chi connectivity index (χ1n) is 4.02. The predicted molar refractivity (Wildman–Crippen MR) is 51.3 cm³/mol. The van der Waals surface area contributed by atoms with E-state index in [4.69, 9.17) is 12.2 Å². The van der Waals surface area contributed by atoms with Gasteiger partial charge in [0.05, 0.1) is 0 Å². The van der Waals surface area contributed by atoms with Crippen molar-refractivity contribution in [3.63, 3.8) is 0 Å². The summed E-state index contributed by atoms with van der Waals surface area (Å²) in [6, 6.07) is 0. The molecule has 0 rings (SSSR count). The van der Waals surface area contributed by atoms with E-state index in [0.29, 0.717) is 5.11 Å². The molecular formula is C7H18ClN3S. The van der Waals surface area contributed by atoms with E-state index in [2.05, 4.69) is 29.8 Å². The first-order chi connectivity index (χ1) is 5.20. The van der Waals surface area contributed by atoms with Crippen LogP contribution >= 0.6 is 12.2 Å². The lowest BCUT2D eigenvalue weighted by Gasteiger charge is -2.17. The van der Waals surface area contributed by atoms with Crippen LogP contribution < -0.4 is 23.5 Å². The van der Waals surface area contributed by atoms with Gasteiger partial charge in [0, 0.05) is 25.3 Å². The minimum Gasteiger partial charge on any atom is -1.00 e. The van der Waals surface area contributed by atoms with Crippen molar-refractivity contribution in [2.75, 3.05) is 26.2 Å². The van der Waals surface area contributed by atoms with Crippen molar-refractivity contribution in [2.24, 2.45) is 0 Å². The molecule has 0 saturated carbocycles. The fourth-order valence-electron chi connectivity index (χ4n) is 0.893. The van der Waals surface area contributed by atoms with Gasteiger partial charge in [0.2, 0.25) is 0 Å². The Labute approximate surface area is 86.1 Å². The Morgan fingerprint density at radius 1 is 1.42 bits per heavy atom. The van der Waals surface area contributed by atoms with E-state index in [1.165, 1.54) is 0 Å². The predicted octanol–water partition coefficient (Wildman–Crippen LogP) is -3.55. The molecule has 0 spiro atoms. The second-order valence-electron chi connectivity index (χ2n) is 2.38. The Morgan fingerprint density at radius 3 is 2.25 bits per heavy atom. The zero-order valence-electron chi connectivity index (χ0n) is 7.77. The highest BCUT2D eigenvalue weighted by Gasteiger charge is 1.97. The van der Waals surface area contributed by atoms with Gasteiger partial charge < -0.3 is 28.4 Å². The molecule has 0 amide bonds. The summed E-state index contributed by atoms with van der Waals surface area (Å²) >= 11 is 4.78. The molecule has 0 aliphatic rings. The standard InChI is InChI=1S/C7H17N3S.ClH/c1-3-10(4-2)6-5-9-7(8)11;/h3-6H2,1-2H3,(H3,8,9,11);1H. The lowest BCUT2D eigenvalue weighted by atomic mass is 10.5. The average molecular weight is 212 g/mol. The second kappa shape index (κ2) is 9.19. The van der Waals surface area contributed by atoms with Crippen LogP contribution in [-0.4, -0.2) is 36.2 Å². The molecular weight excluding hydrogens is 194 g/mol. The summed E-state index contributed by atoms with van der Waals surface area (Å²) in [5.41, 5.74) is 3.59. The van der Waals surface area contributed by atoms with E-state index in [-0.39, 0.29) is 12.4 Å². The lowest BCUT2D eigenvalue weighted by molar-refractivity contribution is -0.215. The summed E-state index contributed by atoms with van der Waals surface area (Å²) in [6.45, 7) is 8.47. The van der Waals surface area contributed by atoms with E-state index < -0.39 is 0 Å². The van der Waals surface area contributed by atoms with E-state index in [1.807, 2.05) is 0 Å². The molecule has 0 atom stereocenters. The summed E-state index contributed by atoms with van der Waals surface area (Å²) in [7, 11) is 0. The zero-order valence-corrected chi connectivity index (χ0v) is 9.34. The molecule has 0 unspecified atom stereocenters. The minimum atomic E-state index is 0. The van der Waals surface area contributed by atoms with Crippen LogP contribution in [-0.2, 0) is 0 Å². The van der Waals surface area contributed by atoms with Gasteiger partial charge >= 0.3 is 0 Å². The maximum Gasteiger partial charge on any atom is 0.264 e. The number of rotatable bonds is 5. The average Bonchev–Trinajstić information content (AvgIpc) is 1.98. The zero-order chi connectivity index (χ0) is 8.69. The van der Waals surface area contributed by atoms with Crippen LogP contribution in [0.25, 0.3) is 0 Å². The van der Waals surface area contributed by atoms with Gasteiger partial charge in [-0.3, -0.25) is 0 Å². The molecule has 0 aliphatic carbocycles. The van der Waals surface area contributed by atoms with Gasteiger partial charge in [0.1, 0.15) is 0 Å². The van der Waals surface area contributed by atoms with Crippen LogP contribution in [0.4, 0.5) is 0 Å². The van der Waals surface area contributed by atoms with Crippen LogP contribution in [0.2, 0.25) is 0 Å². The van der Waals surface area contributed by atoms with Crippen LogP contribution in [0, 0.1) is 0 Å². The molecule has 0 aromatic rings. The van der Waals surface area contributed by atoms with Gasteiger partial charge in [-0.2, -0.15) is 0 Å². The highest BCUT2D eigenvalue weighted by Crippen LogP contribution is 1.83. The molecule has 0 heterocycles. The Balaban J connectivity index is 0. The fourth-order valence-corrected chi connectivity index (χ4v) is 0.995. The van der Waals surface area contributed by atoms with Crippen LogP contribution in [0.15, 0.2) is 0 Å². The SMILES string of the molecule is CCN(CC)CCNC([NH3+])=S.[Cl-]. The second-order valence-corrected chi connectivity index (χ2v) is 2.87. The number of nitrogens with one attached hydrogen (secondary N) is 1. The third-order valence-electron chi connectivity index (χ3n) is 1.64. The Morgan fingerprint density at radius 2 is 1.92 bits per heavy atom. The van der Waals surface area contributed by atoms with Crippen molar-refractivity contribution < 1.29 is 18.1 Å². The Kier molecular flexibility index (Phi) is 11.2. The summed E-state index contributed by atoms with van der Waals surface area (Å²) in [5, 5.41) is 3.66. The summed E-state index contributed by atoms with van der Waals surface area (Å²) in [5.74, 6) is 0. The Hall–Kier alpha value is 0.100. The number of halogens is 1. The van der Waals surface area contributed by atoms with E-state index in [0.717, 1.165) is 26.2 Å². The maximum atomic E-state index is 4.78. The molecule has 0 fully saturated rings. The van der Waals surface area contributed by atoms with Crippen LogP contribution in [0.3, 0.4) is 0 Å². The Bertz CT molecular complexity index is 117. The molecule has 3 nitrogen and oxygen atoms in total. The minimum absolute atomic E-state index is 0. The molecule has 12 heavy (non-hydrogen) atoms. The lowest BCUT2D eigenvalue weighted by Crippen LogP contribution is -3.00. The van der Waals surface area contributed by atoms with Crippen LogP contribution in [0.1, 0.15) is 13.8 Å². The third kappa shape index (κ3) is 8.20. The van der Waals surface area contributed by atoms with Crippen molar-refractivity contribution in [3.8, 4) is 0 Å². The maximum absolute atomic E-state index is 4.78. The van der Waals surface area contributed by atoms with E-state index in [9.17, 15) is 0 Å². The van der Waals surface area contributed by atoms with Gasteiger partial charge in [-0.25, -0.2) is 0 Å². The van der Waals surface area contributed by atoms with Crippen molar-refractivity contribution in [1.82, 2.24) is 10.2 Å². The first-order valence-corrected chi connectivity index (χ1v) is 4.43. The fraction of sp³-hybridized carbons (Fsp3) is 0.857. The quantitative estimate of drug-likeness (QED) is 0.463. The van der Waals surface area contributed by atoms with Gasteiger partial charge in [-0.1, -0.05) is 13.8 Å².